The van der Waals surface area contributed by atoms with Gasteiger partial charge >= 0.3 is 0 Å². The second-order valence-electron chi connectivity index (χ2n) is 5.47. The highest BCUT2D eigenvalue weighted by Crippen LogP contribution is 2.21. The summed E-state index contributed by atoms with van der Waals surface area (Å²) in [6.45, 7) is 6.93. The lowest BCUT2D eigenvalue weighted by atomic mass is 10.1. The van der Waals surface area contributed by atoms with E-state index in [2.05, 4.69) is 58.4 Å². The molecule has 0 bridgehead atoms. The van der Waals surface area contributed by atoms with E-state index in [4.69, 9.17) is 0 Å². The molecule has 3 rings (SSSR count). The fourth-order valence-electron chi connectivity index (χ4n) is 2.83. The van der Waals surface area contributed by atoms with Crippen molar-refractivity contribution in [2.45, 2.75) is 26.9 Å². The van der Waals surface area contributed by atoms with E-state index in [-0.39, 0.29) is 0 Å². The summed E-state index contributed by atoms with van der Waals surface area (Å²) < 4.78 is 4.25. The minimum absolute atomic E-state index is 0.853. The number of hydrogen-bond acceptors (Lipinski definition) is 2. The molecule has 4 nitrogen and oxygen atoms in total. The van der Waals surface area contributed by atoms with Crippen LogP contribution in [0, 0.1) is 6.92 Å². The number of nitrogens with zero attached hydrogens (tertiary/aromatic N) is 3. The van der Waals surface area contributed by atoms with Crippen LogP contribution in [-0.4, -0.2) is 20.9 Å². The van der Waals surface area contributed by atoms with Gasteiger partial charge in [-0.1, -0.05) is 19.1 Å². The molecule has 0 aliphatic heterocycles. The second-order valence-corrected chi connectivity index (χ2v) is 5.47. The normalized spacial score (nSPS) is 11.4. The molecule has 0 radical (unpaired) electrons. The van der Waals surface area contributed by atoms with Gasteiger partial charge in [0.05, 0.1) is 17.9 Å². The molecule has 0 atom stereocenters. The molecule has 0 saturated heterocycles. The van der Waals surface area contributed by atoms with Crippen LogP contribution in [0.3, 0.4) is 0 Å². The maximum Gasteiger partial charge on any atom is 0.0645 e. The maximum absolute atomic E-state index is 4.42. The Balaban J connectivity index is 1.95. The number of nitrogens with one attached hydrogen (secondary N) is 1. The quantitative estimate of drug-likeness (QED) is 0.781. The highest BCUT2D eigenvalue weighted by molar-refractivity contribution is 5.83. The number of benzene rings is 1. The molecule has 4 heteroatoms. The smallest absolute Gasteiger partial charge is 0.0645 e. The van der Waals surface area contributed by atoms with Crippen molar-refractivity contribution in [1.29, 1.82) is 0 Å². The molecular formula is C17H22N4. The van der Waals surface area contributed by atoms with Crippen LogP contribution in [0.2, 0.25) is 0 Å². The van der Waals surface area contributed by atoms with E-state index in [0.717, 1.165) is 25.3 Å². The zero-order valence-corrected chi connectivity index (χ0v) is 12.9. The van der Waals surface area contributed by atoms with E-state index in [1.807, 2.05) is 18.7 Å². The third-order valence-electron chi connectivity index (χ3n) is 3.90. The summed E-state index contributed by atoms with van der Waals surface area (Å²) in [5.41, 5.74) is 4.93. The van der Waals surface area contributed by atoms with Gasteiger partial charge in [-0.3, -0.25) is 4.68 Å². The van der Waals surface area contributed by atoms with Crippen molar-refractivity contribution < 1.29 is 0 Å². The van der Waals surface area contributed by atoms with Crippen molar-refractivity contribution in [3.8, 4) is 0 Å². The van der Waals surface area contributed by atoms with Crippen LogP contribution in [-0.2, 0) is 20.1 Å². The van der Waals surface area contributed by atoms with Crippen LogP contribution in [0.5, 0.6) is 0 Å². The van der Waals surface area contributed by atoms with Gasteiger partial charge in [0.15, 0.2) is 0 Å². The first-order valence-electron chi connectivity index (χ1n) is 7.46. The molecule has 0 saturated carbocycles. The van der Waals surface area contributed by atoms with E-state index in [1.54, 1.807) is 0 Å². The molecule has 0 aliphatic rings. The molecule has 0 aliphatic carbocycles. The zero-order valence-electron chi connectivity index (χ0n) is 12.9. The molecule has 0 amide bonds. The Labute approximate surface area is 125 Å². The minimum atomic E-state index is 0.853. The Morgan fingerprint density at radius 3 is 2.81 bits per heavy atom. The van der Waals surface area contributed by atoms with E-state index in [0.29, 0.717) is 0 Å². The van der Waals surface area contributed by atoms with Crippen molar-refractivity contribution in [2.75, 3.05) is 6.54 Å². The van der Waals surface area contributed by atoms with Gasteiger partial charge in [0, 0.05) is 30.7 Å². The van der Waals surface area contributed by atoms with Gasteiger partial charge in [-0.2, -0.15) is 5.10 Å². The van der Waals surface area contributed by atoms with Crippen LogP contribution < -0.4 is 5.32 Å². The molecule has 110 valence electrons. The van der Waals surface area contributed by atoms with E-state index in [9.17, 15) is 0 Å². The van der Waals surface area contributed by atoms with Gasteiger partial charge in [0.2, 0.25) is 0 Å². The van der Waals surface area contributed by atoms with E-state index >= 15 is 0 Å². The fourth-order valence-corrected chi connectivity index (χ4v) is 2.83. The molecule has 21 heavy (non-hydrogen) atoms. The van der Waals surface area contributed by atoms with Gasteiger partial charge in [0.25, 0.3) is 0 Å². The predicted octanol–water partition coefficient (Wildman–Crippen LogP) is 2.84. The Hall–Kier alpha value is -2.07. The van der Waals surface area contributed by atoms with Crippen LogP contribution in [0.1, 0.15) is 23.9 Å². The highest BCUT2D eigenvalue weighted by Gasteiger charge is 2.08. The van der Waals surface area contributed by atoms with Gasteiger partial charge in [-0.25, -0.2) is 0 Å². The van der Waals surface area contributed by atoms with Crippen molar-refractivity contribution >= 4 is 10.9 Å². The third-order valence-corrected chi connectivity index (χ3v) is 3.90. The van der Waals surface area contributed by atoms with Crippen molar-refractivity contribution in [2.24, 2.45) is 7.05 Å². The summed E-state index contributed by atoms with van der Waals surface area (Å²) in [5.74, 6) is 0. The first-order valence-corrected chi connectivity index (χ1v) is 7.46. The summed E-state index contributed by atoms with van der Waals surface area (Å²) in [7, 11) is 2.00. The summed E-state index contributed by atoms with van der Waals surface area (Å²) in [5, 5.41) is 9.16. The standard InChI is InChI=1S/C17H22N4/c1-4-18-11-14-6-5-7-17-16(14)8-9-21(17)12-15-10-13(2)19-20(15)3/h5-10,18H,4,11-12H2,1-3H3. The topological polar surface area (TPSA) is 34.8 Å². The number of aromatic nitrogens is 3. The lowest BCUT2D eigenvalue weighted by Crippen LogP contribution is -2.11. The van der Waals surface area contributed by atoms with Crippen LogP contribution in [0.25, 0.3) is 10.9 Å². The van der Waals surface area contributed by atoms with Crippen LogP contribution in [0.4, 0.5) is 0 Å². The number of rotatable bonds is 5. The first kappa shape index (κ1) is 13.9. The van der Waals surface area contributed by atoms with Crippen LogP contribution >= 0.6 is 0 Å². The Morgan fingerprint density at radius 2 is 2.10 bits per heavy atom. The molecule has 0 spiro atoms. The van der Waals surface area contributed by atoms with Crippen molar-refractivity contribution in [1.82, 2.24) is 19.7 Å². The van der Waals surface area contributed by atoms with Gasteiger partial charge in [-0.15, -0.1) is 0 Å². The highest BCUT2D eigenvalue weighted by atomic mass is 15.3. The minimum Gasteiger partial charge on any atom is -0.341 e. The molecular weight excluding hydrogens is 260 g/mol. The largest absolute Gasteiger partial charge is 0.341 e. The number of hydrogen-bond donors (Lipinski definition) is 1. The monoisotopic (exact) mass is 282 g/mol. The Kier molecular flexibility index (Phi) is 3.80. The third kappa shape index (κ3) is 2.72. The van der Waals surface area contributed by atoms with E-state index < -0.39 is 0 Å². The predicted molar refractivity (Wildman–Crippen MR) is 86.4 cm³/mol. The first-order chi connectivity index (χ1) is 10.2. The molecule has 1 aromatic carbocycles. The lowest BCUT2D eigenvalue weighted by molar-refractivity contribution is 0.673. The summed E-state index contributed by atoms with van der Waals surface area (Å²) in [6, 6.07) is 10.9. The lowest BCUT2D eigenvalue weighted by Gasteiger charge is -2.08. The van der Waals surface area contributed by atoms with Crippen LogP contribution in [0.15, 0.2) is 36.5 Å². The molecule has 3 aromatic rings. The van der Waals surface area contributed by atoms with Gasteiger partial charge in [-0.05, 0) is 37.2 Å². The van der Waals surface area contributed by atoms with Crippen molar-refractivity contribution in [3.63, 3.8) is 0 Å². The SMILES string of the molecule is CCNCc1cccc2c1ccn2Cc1cc(C)nn1C. The molecule has 1 N–H and O–H groups in total. The van der Waals surface area contributed by atoms with Gasteiger partial charge in [0.1, 0.15) is 0 Å². The van der Waals surface area contributed by atoms with Gasteiger partial charge < -0.3 is 9.88 Å². The van der Waals surface area contributed by atoms with Crippen molar-refractivity contribution in [3.05, 3.63) is 53.5 Å². The number of aryl methyl sites for hydroxylation is 2. The summed E-state index contributed by atoms with van der Waals surface area (Å²) >= 11 is 0. The van der Waals surface area contributed by atoms with E-state index in [1.165, 1.54) is 22.2 Å². The molecule has 2 aromatic heterocycles. The molecule has 2 heterocycles. The zero-order chi connectivity index (χ0) is 14.8. The summed E-state index contributed by atoms with van der Waals surface area (Å²) in [6.07, 6.45) is 2.17. The molecule has 0 unspecified atom stereocenters. The average Bonchev–Trinajstić information content (AvgIpc) is 3.01. The number of fused-ring (bicyclic) bond motifs is 1. The Morgan fingerprint density at radius 1 is 1.24 bits per heavy atom. The maximum atomic E-state index is 4.42. The average molecular weight is 282 g/mol. The fraction of sp³-hybridized carbons (Fsp3) is 0.353. The Bertz CT molecular complexity index is 751. The molecule has 0 fully saturated rings. The summed E-state index contributed by atoms with van der Waals surface area (Å²) in [4.78, 5) is 0. The second kappa shape index (κ2) is 5.74.